The van der Waals surface area contributed by atoms with Crippen LogP contribution in [0.25, 0.3) is 11.1 Å². The number of halogens is 2. The SMILES string of the molecule is O=c1cc(COc2c(F)cc(-c3cccnc3OCC3CCC3)cc2F)o[nH]1. The summed E-state index contributed by atoms with van der Waals surface area (Å²) in [6.07, 6.45) is 5.03. The van der Waals surface area contributed by atoms with Crippen LogP contribution in [0.5, 0.6) is 11.6 Å². The molecule has 6 nitrogen and oxygen atoms in total. The fourth-order valence-electron chi connectivity index (χ4n) is 2.97. The fourth-order valence-corrected chi connectivity index (χ4v) is 2.97. The molecule has 3 aromatic rings. The van der Waals surface area contributed by atoms with E-state index in [1.807, 2.05) is 0 Å². The summed E-state index contributed by atoms with van der Waals surface area (Å²) in [6, 6.07) is 6.86. The van der Waals surface area contributed by atoms with E-state index in [4.69, 9.17) is 14.0 Å². The van der Waals surface area contributed by atoms with Crippen molar-refractivity contribution in [3.05, 3.63) is 64.3 Å². The van der Waals surface area contributed by atoms with Gasteiger partial charge in [0.1, 0.15) is 6.61 Å². The highest BCUT2D eigenvalue weighted by Crippen LogP contribution is 2.34. The molecule has 2 heterocycles. The maximum atomic E-state index is 14.5. The van der Waals surface area contributed by atoms with Gasteiger partial charge in [0.2, 0.25) is 5.88 Å². The van der Waals surface area contributed by atoms with Crippen molar-refractivity contribution in [2.75, 3.05) is 6.61 Å². The van der Waals surface area contributed by atoms with Gasteiger partial charge >= 0.3 is 0 Å². The minimum atomic E-state index is -0.873. The third kappa shape index (κ3) is 3.90. The van der Waals surface area contributed by atoms with Gasteiger partial charge in [-0.3, -0.25) is 4.79 Å². The van der Waals surface area contributed by atoms with Crippen LogP contribution in [-0.4, -0.2) is 16.7 Å². The molecule has 1 fully saturated rings. The molecule has 0 aliphatic heterocycles. The lowest BCUT2D eigenvalue weighted by Gasteiger charge is -2.25. The Morgan fingerprint density at radius 2 is 1.96 bits per heavy atom. The minimum Gasteiger partial charge on any atom is -0.479 e. The summed E-state index contributed by atoms with van der Waals surface area (Å²) in [5.74, 6) is -1.31. The average molecular weight is 388 g/mol. The molecule has 146 valence electrons. The van der Waals surface area contributed by atoms with Crippen LogP contribution in [0.2, 0.25) is 0 Å². The Labute approximate surface area is 159 Å². The number of hydrogen-bond donors (Lipinski definition) is 1. The van der Waals surface area contributed by atoms with Gasteiger partial charge in [0.15, 0.2) is 23.1 Å². The molecular formula is C20H18F2N2O4. The maximum Gasteiger partial charge on any atom is 0.280 e. The first kappa shape index (κ1) is 18.2. The number of H-pyrrole nitrogens is 1. The Morgan fingerprint density at radius 1 is 1.18 bits per heavy atom. The highest BCUT2D eigenvalue weighted by molar-refractivity contribution is 5.69. The number of nitrogens with one attached hydrogen (secondary N) is 1. The molecule has 0 atom stereocenters. The number of pyridine rings is 1. The number of rotatable bonds is 7. The molecule has 1 saturated carbocycles. The van der Waals surface area contributed by atoms with Gasteiger partial charge in [0, 0.05) is 11.8 Å². The number of ether oxygens (including phenoxy) is 2. The van der Waals surface area contributed by atoms with Crippen molar-refractivity contribution < 1.29 is 22.8 Å². The minimum absolute atomic E-state index is 0.131. The van der Waals surface area contributed by atoms with Crippen molar-refractivity contribution in [3.8, 4) is 22.8 Å². The Morgan fingerprint density at radius 3 is 2.61 bits per heavy atom. The van der Waals surface area contributed by atoms with Gasteiger partial charge in [0.25, 0.3) is 5.56 Å². The number of hydrogen-bond acceptors (Lipinski definition) is 5. The Hall–Kier alpha value is -3.16. The highest BCUT2D eigenvalue weighted by atomic mass is 19.1. The van der Waals surface area contributed by atoms with Crippen LogP contribution in [0, 0.1) is 17.6 Å². The average Bonchev–Trinajstić information content (AvgIpc) is 3.05. The summed E-state index contributed by atoms with van der Waals surface area (Å²) in [7, 11) is 0. The first-order valence-electron chi connectivity index (χ1n) is 8.97. The molecule has 1 aliphatic carbocycles. The Kier molecular flexibility index (Phi) is 5.10. The predicted molar refractivity (Wildman–Crippen MR) is 96.1 cm³/mol. The van der Waals surface area contributed by atoms with Crippen LogP contribution in [0.3, 0.4) is 0 Å². The lowest BCUT2D eigenvalue weighted by molar-refractivity contribution is 0.176. The van der Waals surface area contributed by atoms with Gasteiger partial charge in [-0.15, -0.1) is 0 Å². The van der Waals surface area contributed by atoms with Crippen LogP contribution in [0.4, 0.5) is 8.78 Å². The summed E-state index contributed by atoms with van der Waals surface area (Å²) in [4.78, 5) is 15.2. The van der Waals surface area contributed by atoms with Crippen molar-refractivity contribution in [1.82, 2.24) is 10.1 Å². The maximum absolute atomic E-state index is 14.5. The normalized spacial score (nSPS) is 13.9. The van der Waals surface area contributed by atoms with Crippen molar-refractivity contribution in [2.24, 2.45) is 5.92 Å². The van der Waals surface area contributed by atoms with Gasteiger partial charge in [-0.25, -0.2) is 13.8 Å². The van der Waals surface area contributed by atoms with Crippen LogP contribution in [-0.2, 0) is 6.61 Å². The second-order valence-electron chi connectivity index (χ2n) is 6.70. The molecule has 0 radical (unpaired) electrons. The molecule has 0 saturated heterocycles. The molecule has 1 N–H and O–H groups in total. The van der Waals surface area contributed by atoms with Crippen molar-refractivity contribution in [2.45, 2.75) is 25.9 Å². The zero-order valence-corrected chi connectivity index (χ0v) is 14.9. The van der Waals surface area contributed by atoms with Crippen LogP contribution < -0.4 is 15.0 Å². The van der Waals surface area contributed by atoms with Gasteiger partial charge in [-0.2, -0.15) is 5.16 Å². The van der Waals surface area contributed by atoms with E-state index < -0.39 is 22.9 Å². The molecule has 1 aliphatic rings. The van der Waals surface area contributed by atoms with E-state index in [9.17, 15) is 13.6 Å². The quantitative estimate of drug-likeness (QED) is 0.660. The van der Waals surface area contributed by atoms with E-state index in [0.29, 0.717) is 29.5 Å². The zero-order valence-electron chi connectivity index (χ0n) is 14.9. The van der Waals surface area contributed by atoms with E-state index in [1.54, 1.807) is 18.3 Å². The van der Waals surface area contributed by atoms with E-state index in [1.165, 1.54) is 18.6 Å². The van der Waals surface area contributed by atoms with E-state index in [0.717, 1.165) is 18.9 Å². The molecule has 2 aromatic heterocycles. The molecule has 0 spiro atoms. The third-order valence-electron chi connectivity index (χ3n) is 4.69. The largest absolute Gasteiger partial charge is 0.479 e. The number of benzene rings is 1. The van der Waals surface area contributed by atoms with E-state index in [2.05, 4.69) is 10.1 Å². The molecule has 4 rings (SSSR count). The lowest BCUT2D eigenvalue weighted by atomic mass is 9.86. The van der Waals surface area contributed by atoms with Crippen molar-refractivity contribution in [3.63, 3.8) is 0 Å². The highest BCUT2D eigenvalue weighted by Gasteiger charge is 2.20. The smallest absolute Gasteiger partial charge is 0.280 e. The van der Waals surface area contributed by atoms with Gasteiger partial charge in [0.05, 0.1) is 12.7 Å². The summed E-state index contributed by atoms with van der Waals surface area (Å²) >= 11 is 0. The molecule has 28 heavy (non-hydrogen) atoms. The number of nitrogens with zero attached hydrogens (tertiary/aromatic N) is 1. The van der Waals surface area contributed by atoms with Crippen molar-refractivity contribution >= 4 is 0 Å². The van der Waals surface area contributed by atoms with E-state index in [-0.39, 0.29) is 12.4 Å². The van der Waals surface area contributed by atoms with Crippen LogP contribution in [0.1, 0.15) is 25.0 Å². The van der Waals surface area contributed by atoms with Gasteiger partial charge in [-0.1, -0.05) is 6.42 Å². The van der Waals surface area contributed by atoms with E-state index >= 15 is 0 Å². The first-order chi connectivity index (χ1) is 13.6. The summed E-state index contributed by atoms with van der Waals surface area (Å²) < 4.78 is 44.7. The molecule has 8 heteroatoms. The molecular weight excluding hydrogens is 370 g/mol. The molecule has 0 bridgehead atoms. The van der Waals surface area contributed by atoms with Crippen LogP contribution >= 0.6 is 0 Å². The Balaban J connectivity index is 1.54. The summed E-state index contributed by atoms with van der Waals surface area (Å²) in [5, 5.41) is 2.08. The first-order valence-corrected chi connectivity index (χ1v) is 8.97. The second kappa shape index (κ2) is 7.84. The molecule has 0 amide bonds. The fraction of sp³-hybridized carbons (Fsp3) is 0.300. The van der Waals surface area contributed by atoms with Gasteiger partial charge in [-0.05, 0) is 48.6 Å². The lowest BCUT2D eigenvalue weighted by Crippen LogP contribution is -2.19. The number of aromatic amines is 1. The summed E-state index contributed by atoms with van der Waals surface area (Å²) in [5.41, 5.74) is 0.343. The van der Waals surface area contributed by atoms with Crippen LogP contribution in [0.15, 0.2) is 45.8 Å². The summed E-state index contributed by atoms with van der Waals surface area (Å²) in [6.45, 7) is 0.257. The standard InChI is InChI=1S/C20H18F2N2O4/c21-16-7-13(8-17(22)19(16)26-11-14-9-18(25)24-28-14)15-5-2-6-23-20(15)27-10-12-3-1-4-12/h2,5-9,12H,1,3-4,10-11H2,(H,24,25). The van der Waals surface area contributed by atoms with Gasteiger partial charge < -0.3 is 14.0 Å². The second-order valence-corrected chi connectivity index (χ2v) is 6.70. The number of aromatic nitrogens is 2. The Bertz CT molecular complexity index is 1000. The molecule has 0 unspecified atom stereocenters. The third-order valence-corrected chi connectivity index (χ3v) is 4.69. The monoisotopic (exact) mass is 388 g/mol. The van der Waals surface area contributed by atoms with Crippen molar-refractivity contribution in [1.29, 1.82) is 0 Å². The molecule has 1 aromatic carbocycles. The topological polar surface area (TPSA) is 77.3 Å². The zero-order chi connectivity index (χ0) is 19.5. The predicted octanol–water partition coefficient (Wildman–Crippen LogP) is 4.07.